The summed E-state index contributed by atoms with van der Waals surface area (Å²) in [5, 5.41) is 0. The zero-order chi connectivity index (χ0) is 21.2. The second-order valence-electron chi connectivity index (χ2n) is 10.3. The van der Waals surface area contributed by atoms with Crippen LogP contribution in [0.5, 0.6) is 0 Å². The summed E-state index contributed by atoms with van der Waals surface area (Å²) in [6, 6.07) is 0. The summed E-state index contributed by atoms with van der Waals surface area (Å²) in [7, 11) is 0. The minimum atomic E-state index is -0.402. The number of ether oxygens (including phenoxy) is 2. The first-order valence-corrected chi connectivity index (χ1v) is 10.9. The number of allylic oxidation sites excluding steroid dienone is 1. The molecule has 2 aliphatic carbocycles. The molecule has 0 aliphatic heterocycles. The van der Waals surface area contributed by atoms with E-state index in [0.717, 1.165) is 25.7 Å². The Labute approximate surface area is 171 Å². The standard InChI is InChI=1S/C24H40O4/c1-17(12-16-27-18(2)25)9-10-21-23(6)14-8-13-22(4,5)20(23)11-15-24(21,7)28-19(3)26/h12,20-21H,8-11,13-16H2,1-7H3/b17-12+/t20-,21+,23-,24+/m0/s1. The van der Waals surface area contributed by atoms with Crippen molar-refractivity contribution in [3.8, 4) is 0 Å². The van der Waals surface area contributed by atoms with Gasteiger partial charge in [-0.05, 0) is 75.2 Å². The summed E-state index contributed by atoms with van der Waals surface area (Å²) in [5.41, 5.74) is 1.34. The topological polar surface area (TPSA) is 52.6 Å². The number of esters is 2. The largest absolute Gasteiger partial charge is 0.462 e. The van der Waals surface area contributed by atoms with Crippen LogP contribution < -0.4 is 0 Å². The fourth-order valence-electron chi connectivity index (χ4n) is 6.47. The van der Waals surface area contributed by atoms with Gasteiger partial charge in [-0.3, -0.25) is 9.59 Å². The molecule has 4 heteroatoms. The predicted octanol–water partition coefficient (Wildman–Crippen LogP) is 5.84. The Morgan fingerprint density at radius 1 is 1.00 bits per heavy atom. The number of fused-ring (bicyclic) bond motifs is 1. The molecular weight excluding hydrogens is 352 g/mol. The van der Waals surface area contributed by atoms with Gasteiger partial charge in [0.25, 0.3) is 0 Å². The molecule has 0 aromatic carbocycles. The highest BCUT2D eigenvalue weighted by Gasteiger charge is 2.59. The minimum Gasteiger partial charge on any atom is -0.462 e. The van der Waals surface area contributed by atoms with Crippen molar-refractivity contribution < 1.29 is 19.1 Å². The molecule has 2 fully saturated rings. The smallest absolute Gasteiger partial charge is 0.303 e. The van der Waals surface area contributed by atoms with Crippen LogP contribution >= 0.6 is 0 Å². The van der Waals surface area contributed by atoms with E-state index in [1.54, 1.807) is 0 Å². The van der Waals surface area contributed by atoms with Crippen molar-refractivity contribution in [2.45, 2.75) is 99.0 Å². The maximum absolute atomic E-state index is 11.9. The average Bonchev–Trinajstić information content (AvgIpc) is 2.51. The van der Waals surface area contributed by atoms with Crippen molar-refractivity contribution in [1.82, 2.24) is 0 Å². The predicted molar refractivity (Wildman–Crippen MR) is 112 cm³/mol. The molecule has 0 heterocycles. The van der Waals surface area contributed by atoms with E-state index >= 15 is 0 Å². The van der Waals surface area contributed by atoms with Gasteiger partial charge < -0.3 is 9.47 Å². The van der Waals surface area contributed by atoms with Gasteiger partial charge in [-0.1, -0.05) is 32.8 Å². The molecule has 0 aromatic rings. The van der Waals surface area contributed by atoms with Gasteiger partial charge in [0.05, 0.1) is 0 Å². The van der Waals surface area contributed by atoms with E-state index in [2.05, 4.69) is 34.6 Å². The van der Waals surface area contributed by atoms with Gasteiger partial charge in [-0.15, -0.1) is 0 Å². The Balaban J connectivity index is 2.24. The van der Waals surface area contributed by atoms with E-state index in [1.807, 2.05) is 6.08 Å². The molecule has 2 aliphatic rings. The van der Waals surface area contributed by atoms with Gasteiger partial charge in [0.2, 0.25) is 0 Å². The SMILES string of the molecule is CC(=O)OC/C=C(\C)CC[C@@H]1[C@@]2(C)CCCC(C)(C)[C@@H]2CC[C@@]1(C)OC(C)=O. The van der Waals surface area contributed by atoms with Gasteiger partial charge in [0.15, 0.2) is 0 Å². The molecule has 0 N–H and O–H groups in total. The van der Waals surface area contributed by atoms with E-state index in [0.29, 0.717) is 23.9 Å². The summed E-state index contributed by atoms with van der Waals surface area (Å²) < 4.78 is 11.0. The number of hydrogen-bond donors (Lipinski definition) is 0. The van der Waals surface area contributed by atoms with Gasteiger partial charge in [0.1, 0.15) is 12.2 Å². The summed E-state index contributed by atoms with van der Waals surface area (Å²) in [5.74, 6) is 0.567. The van der Waals surface area contributed by atoms with Gasteiger partial charge in [-0.2, -0.15) is 0 Å². The molecule has 4 nitrogen and oxygen atoms in total. The van der Waals surface area contributed by atoms with Crippen molar-refractivity contribution >= 4 is 11.9 Å². The lowest BCUT2D eigenvalue weighted by Crippen LogP contribution is -2.58. The second kappa shape index (κ2) is 8.59. The molecule has 28 heavy (non-hydrogen) atoms. The third-order valence-corrected chi connectivity index (χ3v) is 7.66. The summed E-state index contributed by atoms with van der Waals surface area (Å²) in [6.07, 6.45) is 9.74. The summed E-state index contributed by atoms with van der Waals surface area (Å²) in [6.45, 7) is 14.8. The average molecular weight is 393 g/mol. The maximum Gasteiger partial charge on any atom is 0.303 e. The van der Waals surface area contributed by atoms with E-state index in [1.165, 1.54) is 38.7 Å². The van der Waals surface area contributed by atoms with Crippen LogP contribution in [0.15, 0.2) is 11.6 Å². The molecule has 0 spiro atoms. The van der Waals surface area contributed by atoms with Crippen LogP contribution in [-0.2, 0) is 19.1 Å². The van der Waals surface area contributed by atoms with E-state index in [4.69, 9.17) is 9.47 Å². The van der Waals surface area contributed by atoms with Crippen LogP contribution in [0.25, 0.3) is 0 Å². The molecule has 0 amide bonds. The quantitative estimate of drug-likeness (QED) is 0.421. The molecule has 0 unspecified atom stereocenters. The first-order valence-electron chi connectivity index (χ1n) is 10.9. The Hall–Kier alpha value is -1.32. The Kier molecular flexibility index (Phi) is 7.04. The minimum absolute atomic E-state index is 0.174. The highest BCUT2D eigenvalue weighted by Crippen LogP contribution is 2.63. The molecule has 160 valence electrons. The van der Waals surface area contributed by atoms with E-state index in [-0.39, 0.29) is 17.4 Å². The summed E-state index contributed by atoms with van der Waals surface area (Å²) in [4.78, 5) is 22.9. The lowest BCUT2D eigenvalue weighted by atomic mass is 9.45. The fraction of sp³-hybridized carbons (Fsp3) is 0.833. The first kappa shape index (κ1) is 23.0. The molecule has 0 radical (unpaired) electrons. The molecule has 0 saturated heterocycles. The molecular formula is C24H40O4. The maximum atomic E-state index is 11.9. The third kappa shape index (κ3) is 4.99. The van der Waals surface area contributed by atoms with E-state index < -0.39 is 5.60 Å². The van der Waals surface area contributed by atoms with Crippen LogP contribution in [0, 0.1) is 22.7 Å². The van der Waals surface area contributed by atoms with Crippen molar-refractivity contribution in [2.24, 2.45) is 22.7 Å². The zero-order valence-corrected chi connectivity index (χ0v) is 19.0. The van der Waals surface area contributed by atoms with Crippen LogP contribution in [0.3, 0.4) is 0 Å². The van der Waals surface area contributed by atoms with Crippen LogP contribution in [-0.4, -0.2) is 24.1 Å². The first-order chi connectivity index (χ1) is 12.9. The molecule has 2 saturated carbocycles. The lowest BCUT2D eigenvalue weighted by molar-refractivity contribution is -0.199. The monoisotopic (exact) mass is 392 g/mol. The normalized spacial score (nSPS) is 35.0. The van der Waals surface area contributed by atoms with Gasteiger partial charge in [-0.25, -0.2) is 0 Å². The Morgan fingerprint density at radius 2 is 1.68 bits per heavy atom. The van der Waals surface area contributed by atoms with Crippen molar-refractivity contribution in [3.63, 3.8) is 0 Å². The summed E-state index contributed by atoms with van der Waals surface area (Å²) >= 11 is 0. The van der Waals surface area contributed by atoms with Crippen molar-refractivity contribution in [1.29, 1.82) is 0 Å². The highest BCUT2D eigenvalue weighted by atomic mass is 16.6. The third-order valence-electron chi connectivity index (χ3n) is 7.66. The number of carbonyl (C=O) groups is 2. The van der Waals surface area contributed by atoms with Crippen molar-refractivity contribution in [3.05, 3.63) is 11.6 Å². The molecule has 0 bridgehead atoms. The lowest BCUT2D eigenvalue weighted by Gasteiger charge is -2.62. The molecule has 4 atom stereocenters. The highest BCUT2D eigenvalue weighted by molar-refractivity contribution is 5.66. The van der Waals surface area contributed by atoms with Crippen molar-refractivity contribution in [2.75, 3.05) is 6.61 Å². The van der Waals surface area contributed by atoms with E-state index in [9.17, 15) is 9.59 Å². The molecule has 0 aromatic heterocycles. The number of hydrogen-bond acceptors (Lipinski definition) is 4. The Bertz CT molecular complexity index is 620. The van der Waals surface area contributed by atoms with Crippen LogP contribution in [0.4, 0.5) is 0 Å². The van der Waals surface area contributed by atoms with Crippen LogP contribution in [0.2, 0.25) is 0 Å². The van der Waals surface area contributed by atoms with Gasteiger partial charge >= 0.3 is 11.9 Å². The number of rotatable bonds is 6. The van der Waals surface area contributed by atoms with Gasteiger partial charge in [0, 0.05) is 19.8 Å². The van der Waals surface area contributed by atoms with Crippen LogP contribution in [0.1, 0.15) is 93.4 Å². The Morgan fingerprint density at radius 3 is 2.29 bits per heavy atom. The number of carbonyl (C=O) groups excluding carboxylic acids is 2. The molecule has 2 rings (SSSR count). The zero-order valence-electron chi connectivity index (χ0n) is 19.0. The fourth-order valence-corrected chi connectivity index (χ4v) is 6.47. The second-order valence-corrected chi connectivity index (χ2v) is 10.3.